The van der Waals surface area contributed by atoms with Crippen molar-refractivity contribution < 1.29 is 4.42 Å². The summed E-state index contributed by atoms with van der Waals surface area (Å²) < 4.78 is 5.43. The molecule has 0 amide bonds. The van der Waals surface area contributed by atoms with Crippen LogP contribution in [0.5, 0.6) is 0 Å². The van der Waals surface area contributed by atoms with Gasteiger partial charge in [0.25, 0.3) is 0 Å². The normalized spacial score (nSPS) is 13.5. The molecule has 1 rings (SSSR count). The maximum Gasteiger partial charge on any atom is 0.117 e. The van der Waals surface area contributed by atoms with E-state index in [0.29, 0.717) is 12.0 Å². The highest BCUT2D eigenvalue weighted by molar-refractivity contribution is 4.98. The van der Waals surface area contributed by atoms with Gasteiger partial charge in [-0.1, -0.05) is 33.6 Å². The quantitative estimate of drug-likeness (QED) is 0.757. The number of nitrogens with zero attached hydrogens (tertiary/aromatic N) is 1. The molecule has 0 aliphatic heterocycles. The lowest BCUT2D eigenvalue weighted by Gasteiger charge is -2.34. The molecule has 0 aliphatic carbocycles. The van der Waals surface area contributed by atoms with Crippen molar-refractivity contribution in [1.29, 1.82) is 0 Å². The van der Waals surface area contributed by atoms with E-state index in [1.807, 2.05) is 12.1 Å². The first kappa shape index (κ1) is 14.3. The molecule has 3 heteroatoms. The summed E-state index contributed by atoms with van der Waals surface area (Å²) in [6, 6.07) is 4.43. The number of likely N-dealkylation sites (N-methyl/N-ethyl adjacent to an activating group) is 1. The van der Waals surface area contributed by atoms with Crippen molar-refractivity contribution in [3.8, 4) is 0 Å². The van der Waals surface area contributed by atoms with E-state index >= 15 is 0 Å². The van der Waals surface area contributed by atoms with E-state index in [-0.39, 0.29) is 0 Å². The van der Waals surface area contributed by atoms with Crippen LogP contribution in [0.4, 0.5) is 0 Å². The van der Waals surface area contributed by atoms with Crippen molar-refractivity contribution >= 4 is 0 Å². The predicted molar refractivity (Wildman–Crippen MR) is 71.7 cm³/mol. The molecule has 1 aromatic rings. The van der Waals surface area contributed by atoms with Crippen molar-refractivity contribution in [3.05, 3.63) is 24.2 Å². The third-order valence-corrected chi connectivity index (χ3v) is 3.65. The Morgan fingerprint density at radius 1 is 1.29 bits per heavy atom. The first-order valence-corrected chi connectivity index (χ1v) is 6.73. The minimum Gasteiger partial charge on any atom is -0.468 e. The van der Waals surface area contributed by atoms with Gasteiger partial charge in [-0.15, -0.1) is 0 Å². The van der Waals surface area contributed by atoms with Gasteiger partial charge in [0, 0.05) is 12.6 Å². The van der Waals surface area contributed by atoms with E-state index in [1.165, 1.54) is 12.8 Å². The minimum atomic E-state index is 0.458. The van der Waals surface area contributed by atoms with Gasteiger partial charge in [-0.3, -0.25) is 4.90 Å². The van der Waals surface area contributed by atoms with Gasteiger partial charge < -0.3 is 10.2 Å². The van der Waals surface area contributed by atoms with E-state index in [1.54, 1.807) is 6.26 Å². The molecule has 0 radical (unpaired) electrons. The molecule has 0 aromatic carbocycles. The Bertz CT molecular complexity index is 280. The Morgan fingerprint density at radius 3 is 2.41 bits per heavy atom. The molecule has 2 N–H and O–H groups in total. The van der Waals surface area contributed by atoms with Gasteiger partial charge in [-0.05, 0) is 24.6 Å². The van der Waals surface area contributed by atoms with Crippen molar-refractivity contribution in [2.75, 3.05) is 13.1 Å². The highest BCUT2D eigenvalue weighted by Crippen LogP contribution is 2.20. The first-order chi connectivity index (χ1) is 8.26. The van der Waals surface area contributed by atoms with Gasteiger partial charge in [0.1, 0.15) is 5.76 Å². The SMILES string of the molecule is CCC(CC)C(CN)N(CC)Cc1ccco1. The van der Waals surface area contributed by atoms with E-state index < -0.39 is 0 Å². The molecule has 98 valence electrons. The number of rotatable bonds is 8. The van der Waals surface area contributed by atoms with Gasteiger partial charge in [-0.25, -0.2) is 0 Å². The van der Waals surface area contributed by atoms with Crippen LogP contribution in [0.15, 0.2) is 22.8 Å². The molecule has 0 spiro atoms. The Kier molecular flexibility index (Phi) is 6.30. The first-order valence-electron chi connectivity index (χ1n) is 6.73. The van der Waals surface area contributed by atoms with Gasteiger partial charge >= 0.3 is 0 Å². The Morgan fingerprint density at radius 2 is 2.00 bits per heavy atom. The van der Waals surface area contributed by atoms with Gasteiger partial charge in [0.2, 0.25) is 0 Å². The molecular weight excluding hydrogens is 212 g/mol. The second kappa shape index (κ2) is 7.51. The van der Waals surface area contributed by atoms with Crippen LogP contribution in [0.3, 0.4) is 0 Å². The standard InChI is InChI=1S/C14H26N2O/c1-4-12(5-2)14(10-15)16(6-3)11-13-8-7-9-17-13/h7-9,12,14H,4-6,10-11,15H2,1-3H3. The van der Waals surface area contributed by atoms with Gasteiger partial charge in [-0.2, -0.15) is 0 Å². The van der Waals surface area contributed by atoms with Crippen LogP contribution in [0, 0.1) is 5.92 Å². The molecule has 0 saturated heterocycles. The zero-order valence-corrected chi connectivity index (χ0v) is 11.4. The molecule has 1 unspecified atom stereocenters. The fraction of sp³-hybridized carbons (Fsp3) is 0.714. The maximum absolute atomic E-state index is 5.96. The third-order valence-electron chi connectivity index (χ3n) is 3.65. The summed E-state index contributed by atoms with van der Waals surface area (Å²) in [5.74, 6) is 1.70. The molecule has 3 nitrogen and oxygen atoms in total. The number of hydrogen-bond acceptors (Lipinski definition) is 3. The predicted octanol–water partition coefficient (Wildman–Crippen LogP) is 2.87. The largest absolute Gasteiger partial charge is 0.468 e. The molecule has 0 fully saturated rings. The summed E-state index contributed by atoms with van der Waals surface area (Å²) in [5.41, 5.74) is 5.96. The lowest BCUT2D eigenvalue weighted by atomic mass is 9.92. The van der Waals surface area contributed by atoms with Crippen molar-refractivity contribution in [1.82, 2.24) is 4.90 Å². The number of hydrogen-bond donors (Lipinski definition) is 1. The van der Waals surface area contributed by atoms with Crippen LogP contribution in [0.2, 0.25) is 0 Å². The van der Waals surface area contributed by atoms with Crippen molar-refractivity contribution in [2.45, 2.75) is 46.2 Å². The highest BCUT2D eigenvalue weighted by Gasteiger charge is 2.23. The van der Waals surface area contributed by atoms with E-state index in [9.17, 15) is 0 Å². The van der Waals surface area contributed by atoms with Crippen LogP contribution < -0.4 is 5.73 Å². The van der Waals surface area contributed by atoms with Gasteiger partial charge in [0.15, 0.2) is 0 Å². The monoisotopic (exact) mass is 238 g/mol. The van der Waals surface area contributed by atoms with E-state index in [0.717, 1.165) is 25.4 Å². The zero-order valence-electron chi connectivity index (χ0n) is 11.4. The number of nitrogens with two attached hydrogens (primary N) is 1. The van der Waals surface area contributed by atoms with Crippen molar-refractivity contribution in [2.24, 2.45) is 11.7 Å². The summed E-state index contributed by atoms with van der Waals surface area (Å²) >= 11 is 0. The average molecular weight is 238 g/mol. The molecule has 17 heavy (non-hydrogen) atoms. The average Bonchev–Trinajstić information content (AvgIpc) is 2.86. The van der Waals surface area contributed by atoms with Crippen LogP contribution in [-0.4, -0.2) is 24.0 Å². The third kappa shape index (κ3) is 3.86. The highest BCUT2D eigenvalue weighted by atomic mass is 16.3. The zero-order chi connectivity index (χ0) is 12.7. The van der Waals surface area contributed by atoms with Crippen LogP contribution in [-0.2, 0) is 6.54 Å². The molecule has 1 aromatic heterocycles. The second-order valence-corrected chi connectivity index (χ2v) is 4.52. The van der Waals surface area contributed by atoms with Gasteiger partial charge in [0.05, 0.1) is 12.8 Å². The Labute approximate surface area is 105 Å². The van der Waals surface area contributed by atoms with Crippen LogP contribution in [0.1, 0.15) is 39.4 Å². The van der Waals surface area contributed by atoms with E-state index in [4.69, 9.17) is 10.2 Å². The molecule has 0 saturated carbocycles. The van der Waals surface area contributed by atoms with Crippen LogP contribution >= 0.6 is 0 Å². The molecule has 0 aliphatic rings. The molecule has 1 heterocycles. The second-order valence-electron chi connectivity index (χ2n) is 4.52. The minimum absolute atomic E-state index is 0.458. The topological polar surface area (TPSA) is 42.4 Å². The number of furan rings is 1. The molecule has 1 atom stereocenters. The van der Waals surface area contributed by atoms with E-state index in [2.05, 4.69) is 25.7 Å². The Balaban J connectivity index is 2.68. The lowest BCUT2D eigenvalue weighted by Crippen LogP contribution is -2.44. The van der Waals surface area contributed by atoms with Crippen LogP contribution in [0.25, 0.3) is 0 Å². The molecule has 0 bridgehead atoms. The summed E-state index contributed by atoms with van der Waals surface area (Å²) in [7, 11) is 0. The fourth-order valence-electron chi connectivity index (χ4n) is 2.54. The molecular formula is C14H26N2O. The summed E-state index contributed by atoms with van der Waals surface area (Å²) in [6.07, 6.45) is 4.11. The summed E-state index contributed by atoms with van der Waals surface area (Å²) in [4.78, 5) is 2.43. The summed E-state index contributed by atoms with van der Waals surface area (Å²) in [6.45, 7) is 9.28. The fourth-order valence-corrected chi connectivity index (χ4v) is 2.54. The van der Waals surface area contributed by atoms with Crippen molar-refractivity contribution in [3.63, 3.8) is 0 Å². The lowest BCUT2D eigenvalue weighted by molar-refractivity contribution is 0.130. The maximum atomic E-state index is 5.96. The smallest absolute Gasteiger partial charge is 0.117 e. The Hall–Kier alpha value is -0.800. The summed E-state index contributed by atoms with van der Waals surface area (Å²) in [5, 5.41) is 0.